The molecule has 0 saturated heterocycles. The van der Waals surface area contributed by atoms with E-state index in [0.29, 0.717) is 18.1 Å². The van der Waals surface area contributed by atoms with Crippen LogP contribution in [-0.2, 0) is 13.0 Å². The van der Waals surface area contributed by atoms with Crippen molar-refractivity contribution >= 4 is 5.82 Å². The first-order valence-corrected chi connectivity index (χ1v) is 6.21. The predicted octanol–water partition coefficient (Wildman–Crippen LogP) is 1.87. The lowest BCUT2D eigenvalue weighted by molar-refractivity contribution is 0.643. The van der Waals surface area contributed by atoms with Gasteiger partial charge in [0, 0.05) is 30.9 Å². The Labute approximate surface area is 107 Å². The summed E-state index contributed by atoms with van der Waals surface area (Å²) in [4.78, 5) is 13.0. The molecule has 0 bridgehead atoms. The molecule has 5 nitrogen and oxygen atoms in total. The molecular weight excluding hydrogens is 226 g/mol. The minimum absolute atomic E-state index is 0.561. The summed E-state index contributed by atoms with van der Waals surface area (Å²) in [7, 11) is 0. The van der Waals surface area contributed by atoms with Crippen molar-refractivity contribution in [2.24, 2.45) is 0 Å². The van der Waals surface area contributed by atoms with Crippen LogP contribution in [0.3, 0.4) is 0 Å². The lowest BCUT2D eigenvalue weighted by Gasteiger charge is -2.10. The molecule has 2 aromatic rings. The summed E-state index contributed by atoms with van der Waals surface area (Å²) in [6, 6.07) is 0. The molecule has 2 aromatic heterocycles. The number of imidazole rings is 1. The van der Waals surface area contributed by atoms with E-state index in [2.05, 4.69) is 26.4 Å². The third-order valence-corrected chi connectivity index (χ3v) is 2.99. The molecule has 2 N–H and O–H groups in total. The number of hydrogen-bond acceptors (Lipinski definition) is 4. The summed E-state index contributed by atoms with van der Waals surface area (Å²) in [5.74, 6) is 2.30. The molecule has 2 heterocycles. The van der Waals surface area contributed by atoms with Crippen LogP contribution in [0.2, 0.25) is 0 Å². The van der Waals surface area contributed by atoms with Crippen molar-refractivity contribution < 1.29 is 0 Å². The number of nitrogens with zero attached hydrogens (tertiary/aromatic N) is 4. The van der Waals surface area contributed by atoms with Gasteiger partial charge in [-0.1, -0.05) is 6.92 Å². The number of nitrogen functional groups attached to an aromatic ring is 1. The maximum atomic E-state index is 5.87. The van der Waals surface area contributed by atoms with Gasteiger partial charge in [-0.15, -0.1) is 0 Å². The van der Waals surface area contributed by atoms with Gasteiger partial charge in [0.25, 0.3) is 0 Å². The van der Waals surface area contributed by atoms with Gasteiger partial charge in [0.15, 0.2) is 0 Å². The van der Waals surface area contributed by atoms with Gasteiger partial charge in [0.2, 0.25) is 0 Å². The van der Waals surface area contributed by atoms with Crippen LogP contribution in [-0.4, -0.2) is 19.5 Å². The highest BCUT2D eigenvalue weighted by atomic mass is 15.1. The molecule has 0 aliphatic heterocycles. The number of rotatable bonds is 4. The van der Waals surface area contributed by atoms with E-state index in [1.165, 1.54) is 0 Å². The molecule has 0 saturated carbocycles. The van der Waals surface area contributed by atoms with Gasteiger partial charge in [-0.05, 0) is 20.3 Å². The molecule has 0 radical (unpaired) electrons. The molecule has 0 aliphatic rings. The SMILES string of the molecule is CCCn1ccnc1Cc1nc(C)nc(N)c1C. The Morgan fingerprint density at radius 2 is 2.06 bits per heavy atom. The van der Waals surface area contributed by atoms with Crippen LogP contribution in [0.4, 0.5) is 5.82 Å². The smallest absolute Gasteiger partial charge is 0.130 e. The van der Waals surface area contributed by atoms with Crippen LogP contribution >= 0.6 is 0 Å². The second-order valence-corrected chi connectivity index (χ2v) is 4.44. The Balaban J connectivity index is 2.31. The normalized spacial score (nSPS) is 10.8. The number of anilines is 1. The largest absolute Gasteiger partial charge is 0.383 e. The summed E-state index contributed by atoms with van der Waals surface area (Å²) >= 11 is 0. The molecule has 0 amide bonds. The number of aromatic nitrogens is 4. The van der Waals surface area contributed by atoms with E-state index in [1.807, 2.05) is 26.2 Å². The summed E-state index contributed by atoms with van der Waals surface area (Å²) < 4.78 is 2.16. The first kappa shape index (κ1) is 12.5. The van der Waals surface area contributed by atoms with Crippen molar-refractivity contribution in [1.82, 2.24) is 19.5 Å². The van der Waals surface area contributed by atoms with E-state index in [-0.39, 0.29) is 0 Å². The summed E-state index contributed by atoms with van der Waals surface area (Å²) in [6.07, 6.45) is 5.63. The van der Waals surface area contributed by atoms with Crippen molar-refractivity contribution in [2.45, 2.75) is 40.2 Å². The van der Waals surface area contributed by atoms with Gasteiger partial charge in [0.05, 0.1) is 5.69 Å². The Morgan fingerprint density at radius 1 is 1.28 bits per heavy atom. The van der Waals surface area contributed by atoms with Gasteiger partial charge >= 0.3 is 0 Å². The fraction of sp³-hybridized carbons (Fsp3) is 0.462. The molecule has 0 atom stereocenters. The summed E-state index contributed by atoms with van der Waals surface area (Å²) in [5, 5.41) is 0. The fourth-order valence-corrected chi connectivity index (χ4v) is 1.98. The average molecular weight is 245 g/mol. The molecule has 18 heavy (non-hydrogen) atoms. The van der Waals surface area contributed by atoms with Crippen molar-refractivity contribution in [3.63, 3.8) is 0 Å². The third kappa shape index (κ3) is 2.50. The lowest BCUT2D eigenvalue weighted by Crippen LogP contribution is -2.09. The Bertz CT molecular complexity index is 544. The van der Waals surface area contributed by atoms with E-state index in [9.17, 15) is 0 Å². The van der Waals surface area contributed by atoms with Gasteiger partial charge < -0.3 is 10.3 Å². The Morgan fingerprint density at radius 3 is 2.78 bits per heavy atom. The van der Waals surface area contributed by atoms with Crippen molar-refractivity contribution in [3.05, 3.63) is 35.3 Å². The highest BCUT2D eigenvalue weighted by Gasteiger charge is 2.10. The van der Waals surface area contributed by atoms with E-state index < -0.39 is 0 Å². The predicted molar refractivity (Wildman–Crippen MR) is 71.2 cm³/mol. The van der Waals surface area contributed by atoms with Crippen molar-refractivity contribution in [3.8, 4) is 0 Å². The monoisotopic (exact) mass is 245 g/mol. The minimum atomic E-state index is 0.561. The third-order valence-electron chi connectivity index (χ3n) is 2.99. The van der Waals surface area contributed by atoms with Crippen LogP contribution in [0.5, 0.6) is 0 Å². The van der Waals surface area contributed by atoms with Crippen molar-refractivity contribution in [2.75, 3.05) is 5.73 Å². The molecule has 0 spiro atoms. The van der Waals surface area contributed by atoms with Crippen molar-refractivity contribution in [1.29, 1.82) is 0 Å². The van der Waals surface area contributed by atoms with E-state index >= 15 is 0 Å². The number of aryl methyl sites for hydroxylation is 2. The van der Waals surface area contributed by atoms with Crippen LogP contribution in [0.15, 0.2) is 12.4 Å². The number of nitrogens with two attached hydrogens (primary N) is 1. The standard InChI is InChI=1S/C13H19N5/c1-4-6-18-7-5-15-12(18)8-11-9(2)13(14)17-10(3)16-11/h5,7H,4,6,8H2,1-3H3,(H2,14,16,17). The van der Waals surface area contributed by atoms with Crippen LogP contribution in [0.25, 0.3) is 0 Å². The molecule has 0 fully saturated rings. The zero-order valence-corrected chi connectivity index (χ0v) is 11.1. The molecule has 0 aliphatic carbocycles. The van der Waals surface area contributed by atoms with Gasteiger partial charge in [-0.25, -0.2) is 15.0 Å². The lowest BCUT2D eigenvalue weighted by atomic mass is 10.1. The Kier molecular flexibility index (Phi) is 3.60. The molecule has 2 rings (SSSR count). The van der Waals surface area contributed by atoms with Gasteiger partial charge in [0.1, 0.15) is 17.5 Å². The topological polar surface area (TPSA) is 69.6 Å². The summed E-state index contributed by atoms with van der Waals surface area (Å²) in [6.45, 7) is 6.95. The molecule has 5 heteroatoms. The maximum absolute atomic E-state index is 5.87. The first-order chi connectivity index (χ1) is 8.61. The van der Waals surface area contributed by atoms with E-state index in [0.717, 1.165) is 30.0 Å². The van der Waals surface area contributed by atoms with Gasteiger partial charge in [-0.3, -0.25) is 0 Å². The Hall–Kier alpha value is -1.91. The second-order valence-electron chi connectivity index (χ2n) is 4.44. The zero-order valence-electron chi connectivity index (χ0n) is 11.1. The van der Waals surface area contributed by atoms with Crippen LogP contribution < -0.4 is 5.73 Å². The van der Waals surface area contributed by atoms with E-state index in [4.69, 9.17) is 5.73 Å². The number of hydrogen-bond donors (Lipinski definition) is 1. The molecule has 96 valence electrons. The fourth-order valence-electron chi connectivity index (χ4n) is 1.98. The van der Waals surface area contributed by atoms with Crippen LogP contribution in [0, 0.1) is 13.8 Å². The molecular formula is C13H19N5. The molecule has 0 unspecified atom stereocenters. The quantitative estimate of drug-likeness (QED) is 0.892. The first-order valence-electron chi connectivity index (χ1n) is 6.21. The highest BCUT2D eigenvalue weighted by molar-refractivity contribution is 5.41. The summed E-state index contributed by atoms with van der Waals surface area (Å²) in [5.41, 5.74) is 7.78. The average Bonchev–Trinajstić information content (AvgIpc) is 2.73. The highest BCUT2D eigenvalue weighted by Crippen LogP contribution is 2.15. The van der Waals surface area contributed by atoms with Gasteiger partial charge in [-0.2, -0.15) is 0 Å². The zero-order chi connectivity index (χ0) is 13.1. The minimum Gasteiger partial charge on any atom is -0.383 e. The van der Waals surface area contributed by atoms with E-state index in [1.54, 1.807) is 0 Å². The molecule has 0 aromatic carbocycles. The second kappa shape index (κ2) is 5.16. The maximum Gasteiger partial charge on any atom is 0.130 e. The van der Waals surface area contributed by atoms with Crippen LogP contribution in [0.1, 0.15) is 36.3 Å².